The Kier molecular flexibility index (Phi) is 20.5. The third-order valence-corrected chi connectivity index (χ3v) is 8.98. The smallest absolute Gasteiger partial charge is 0.305 e. The van der Waals surface area contributed by atoms with Gasteiger partial charge in [0.05, 0.1) is 6.61 Å². The first kappa shape index (κ1) is 41.7. The Morgan fingerprint density at radius 2 is 1.11 bits per heavy atom. The molecule has 276 valence electrons. The topological polar surface area (TPSA) is 202 Å². The van der Waals surface area contributed by atoms with Gasteiger partial charge < -0.3 is 54.3 Å². The summed E-state index contributed by atoms with van der Waals surface area (Å²) in [6, 6.07) is 0. The van der Waals surface area contributed by atoms with Crippen LogP contribution in [0.2, 0.25) is 0 Å². The van der Waals surface area contributed by atoms with Gasteiger partial charge in [-0.2, -0.15) is 0 Å². The summed E-state index contributed by atoms with van der Waals surface area (Å²) in [5.41, 5.74) is 0. The lowest BCUT2D eigenvalue weighted by atomic mass is 9.99. The average Bonchev–Trinajstić information content (AvgIpc) is 3.30. The number of rotatable bonds is 25. The minimum atomic E-state index is -2.29. The van der Waals surface area contributed by atoms with E-state index in [1.807, 2.05) is 0 Å². The Balaban J connectivity index is 1.91. The van der Waals surface area contributed by atoms with E-state index in [0.717, 1.165) is 44.9 Å². The normalized spacial score (nSPS) is 30.8. The Morgan fingerprint density at radius 1 is 0.617 bits per heavy atom. The second-order valence-electron chi connectivity index (χ2n) is 13.0. The molecule has 2 aliphatic rings. The number of esters is 2. The summed E-state index contributed by atoms with van der Waals surface area (Å²) in [6.45, 7) is 2.41. The standard InChI is InChI=1S/C34H62O13/c1-3-5-7-9-10-11-12-13-14-16-18-19-26(36)43-22-25-29(39)32(42)34(46-25,23-44-27(37)20-17-15-8-6-4-2)47-33-31(41)30(40)28(38)24(21-35)45-33/h24-25,28-33,35,38-42H,3-23H2,1-2H3/t24-,25-,28-,29-,30+,31-,32+,33-,34+/m1/s1. The summed E-state index contributed by atoms with van der Waals surface area (Å²) in [5, 5.41) is 62.4. The predicted molar refractivity (Wildman–Crippen MR) is 171 cm³/mol. The van der Waals surface area contributed by atoms with Crippen molar-refractivity contribution in [2.75, 3.05) is 19.8 Å². The molecule has 0 aromatic rings. The van der Waals surface area contributed by atoms with Crippen molar-refractivity contribution in [1.82, 2.24) is 0 Å². The van der Waals surface area contributed by atoms with Crippen molar-refractivity contribution >= 4 is 11.9 Å². The highest BCUT2D eigenvalue weighted by Crippen LogP contribution is 2.37. The van der Waals surface area contributed by atoms with Crippen molar-refractivity contribution in [3.05, 3.63) is 0 Å². The summed E-state index contributed by atoms with van der Waals surface area (Å²) in [7, 11) is 0. The Labute approximate surface area is 279 Å². The van der Waals surface area contributed by atoms with Gasteiger partial charge in [-0.25, -0.2) is 0 Å². The van der Waals surface area contributed by atoms with E-state index in [1.54, 1.807) is 0 Å². The lowest BCUT2D eigenvalue weighted by Gasteiger charge is -2.43. The fraction of sp³-hybridized carbons (Fsp3) is 0.941. The Hall–Kier alpha value is -1.42. The third-order valence-electron chi connectivity index (χ3n) is 8.98. The number of carbonyl (C=O) groups is 2. The Bertz CT molecular complexity index is 858. The second kappa shape index (κ2) is 23.1. The molecule has 2 aliphatic heterocycles. The molecule has 47 heavy (non-hydrogen) atoms. The van der Waals surface area contributed by atoms with Crippen LogP contribution in [0, 0.1) is 0 Å². The predicted octanol–water partition coefficient (Wildman–Crippen LogP) is 2.77. The van der Waals surface area contributed by atoms with E-state index >= 15 is 0 Å². The van der Waals surface area contributed by atoms with Crippen LogP contribution >= 0.6 is 0 Å². The Morgan fingerprint density at radius 3 is 1.62 bits per heavy atom. The van der Waals surface area contributed by atoms with Gasteiger partial charge in [0.1, 0.15) is 55.9 Å². The zero-order chi connectivity index (χ0) is 34.7. The number of unbranched alkanes of at least 4 members (excludes halogenated alkanes) is 14. The lowest BCUT2D eigenvalue weighted by Crippen LogP contribution is -2.62. The maximum Gasteiger partial charge on any atom is 0.305 e. The molecule has 2 saturated heterocycles. The first-order valence-electron chi connectivity index (χ1n) is 17.9. The zero-order valence-corrected chi connectivity index (χ0v) is 28.5. The summed E-state index contributed by atoms with van der Waals surface area (Å²) in [4.78, 5) is 25.0. The fourth-order valence-corrected chi connectivity index (χ4v) is 5.91. The van der Waals surface area contributed by atoms with E-state index < -0.39 is 86.6 Å². The van der Waals surface area contributed by atoms with Crippen LogP contribution in [0.15, 0.2) is 0 Å². The maximum atomic E-state index is 12.5. The van der Waals surface area contributed by atoms with Gasteiger partial charge >= 0.3 is 11.9 Å². The summed E-state index contributed by atoms with van der Waals surface area (Å²) >= 11 is 0. The van der Waals surface area contributed by atoms with Crippen LogP contribution < -0.4 is 0 Å². The summed E-state index contributed by atoms with van der Waals surface area (Å²) in [6.07, 6.45) is 4.15. The summed E-state index contributed by atoms with van der Waals surface area (Å²) < 4.78 is 27.7. The molecule has 0 radical (unpaired) electrons. The van der Waals surface area contributed by atoms with Gasteiger partial charge in [0.15, 0.2) is 6.29 Å². The van der Waals surface area contributed by atoms with Crippen LogP contribution in [0.3, 0.4) is 0 Å². The van der Waals surface area contributed by atoms with Crippen molar-refractivity contribution in [3.8, 4) is 0 Å². The van der Waals surface area contributed by atoms with Crippen molar-refractivity contribution in [1.29, 1.82) is 0 Å². The fourth-order valence-electron chi connectivity index (χ4n) is 5.91. The SMILES string of the molecule is CCCCCCCCCCCCCC(=O)OC[C@H]1O[C@@](COC(=O)CCCCCCC)(O[C@H]2O[C@H](CO)[C@@H](O)[C@H](O)[C@H]2O)[C@@H](O)[C@@H]1O. The highest BCUT2D eigenvalue weighted by Gasteiger charge is 2.59. The maximum absolute atomic E-state index is 12.5. The molecule has 0 aromatic carbocycles. The molecule has 0 saturated carbocycles. The molecule has 0 unspecified atom stereocenters. The van der Waals surface area contributed by atoms with E-state index in [4.69, 9.17) is 23.7 Å². The van der Waals surface area contributed by atoms with Crippen LogP contribution in [0.4, 0.5) is 0 Å². The van der Waals surface area contributed by atoms with Gasteiger partial charge in [0.2, 0.25) is 5.79 Å². The van der Waals surface area contributed by atoms with E-state index in [0.29, 0.717) is 12.8 Å². The average molecular weight is 679 g/mol. The van der Waals surface area contributed by atoms with Gasteiger partial charge in [-0.3, -0.25) is 9.59 Å². The number of hydrogen-bond acceptors (Lipinski definition) is 13. The molecule has 6 N–H and O–H groups in total. The van der Waals surface area contributed by atoms with Crippen LogP contribution in [-0.4, -0.2) is 117 Å². The van der Waals surface area contributed by atoms with Crippen molar-refractivity contribution in [2.45, 2.75) is 184 Å². The molecule has 2 fully saturated rings. The largest absolute Gasteiger partial charge is 0.463 e. The van der Waals surface area contributed by atoms with Gasteiger partial charge in [-0.1, -0.05) is 104 Å². The molecule has 0 bridgehead atoms. The molecule has 9 atom stereocenters. The molecular formula is C34H62O13. The van der Waals surface area contributed by atoms with E-state index in [1.165, 1.54) is 44.9 Å². The van der Waals surface area contributed by atoms with Crippen LogP contribution in [-0.2, 0) is 33.3 Å². The first-order chi connectivity index (χ1) is 22.6. The molecular weight excluding hydrogens is 616 g/mol. The van der Waals surface area contributed by atoms with Crippen LogP contribution in [0.5, 0.6) is 0 Å². The lowest BCUT2D eigenvalue weighted by molar-refractivity contribution is -0.383. The molecule has 2 heterocycles. The molecule has 0 aromatic heterocycles. The van der Waals surface area contributed by atoms with Crippen LogP contribution in [0.25, 0.3) is 0 Å². The number of aliphatic hydroxyl groups is 6. The molecule has 13 nitrogen and oxygen atoms in total. The number of carbonyl (C=O) groups excluding carboxylic acids is 2. The summed E-state index contributed by atoms with van der Waals surface area (Å²) in [5.74, 6) is -3.39. The second-order valence-corrected chi connectivity index (χ2v) is 13.0. The monoisotopic (exact) mass is 678 g/mol. The van der Waals surface area contributed by atoms with Crippen molar-refractivity contribution in [2.24, 2.45) is 0 Å². The molecule has 0 aliphatic carbocycles. The minimum Gasteiger partial charge on any atom is -0.463 e. The quantitative estimate of drug-likeness (QED) is 0.0609. The molecule has 0 spiro atoms. The van der Waals surface area contributed by atoms with E-state index in [2.05, 4.69) is 13.8 Å². The van der Waals surface area contributed by atoms with E-state index in [-0.39, 0.29) is 12.8 Å². The molecule has 13 heteroatoms. The van der Waals surface area contributed by atoms with Gasteiger partial charge in [0, 0.05) is 12.8 Å². The number of hydrogen-bond donors (Lipinski definition) is 6. The van der Waals surface area contributed by atoms with Crippen molar-refractivity contribution < 1.29 is 63.9 Å². The highest BCUT2D eigenvalue weighted by atomic mass is 16.8. The number of aliphatic hydroxyl groups excluding tert-OH is 6. The minimum absolute atomic E-state index is 0.0958. The molecule has 2 rings (SSSR count). The third kappa shape index (κ3) is 14.1. The number of ether oxygens (including phenoxy) is 5. The van der Waals surface area contributed by atoms with Gasteiger partial charge in [-0.15, -0.1) is 0 Å². The van der Waals surface area contributed by atoms with E-state index in [9.17, 15) is 40.2 Å². The first-order valence-corrected chi connectivity index (χ1v) is 17.9. The van der Waals surface area contributed by atoms with Gasteiger partial charge in [0.25, 0.3) is 0 Å². The van der Waals surface area contributed by atoms with Crippen molar-refractivity contribution in [3.63, 3.8) is 0 Å². The zero-order valence-electron chi connectivity index (χ0n) is 28.5. The highest BCUT2D eigenvalue weighted by molar-refractivity contribution is 5.69. The van der Waals surface area contributed by atoms with Crippen LogP contribution in [0.1, 0.15) is 129 Å². The molecule has 0 amide bonds. The van der Waals surface area contributed by atoms with Gasteiger partial charge in [-0.05, 0) is 12.8 Å².